The molecule has 4 heteroatoms. The lowest BCUT2D eigenvalue weighted by Gasteiger charge is -2.20. The summed E-state index contributed by atoms with van der Waals surface area (Å²) in [6.45, 7) is 10.3. The number of fused-ring (bicyclic) bond motifs is 1. The van der Waals surface area contributed by atoms with Crippen molar-refractivity contribution in [2.24, 2.45) is 11.3 Å². The lowest BCUT2D eigenvalue weighted by atomic mass is 9.86. The molecule has 3 aromatic rings. The van der Waals surface area contributed by atoms with Gasteiger partial charge >= 0.3 is 5.97 Å². The fourth-order valence-corrected chi connectivity index (χ4v) is 3.86. The van der Waals surface area contributed by atoms with Gasteiger partial charge in [-0.3, -0.25) is 14.4 Å². The van der Waals surface area contributed by atoms with Gasteiger partial charge in [0.25, 0.3) is 0 Å². The number of Topliss-reactive ketones (excluding diaryl/α,β-unsaturated/α-hetero) is 2. The Hall–Kier alpha value is -3.27. The second-order valence-electron chi connectivity index (χ2n) is 10.3. The van der Waals surface area contributed by atoms with Crippen LogP contribution in [0.2, 0.25) is 0 Å². The van der Waals surface area contributed by atoms with Crippen molar-refractivity contribution < 1.29 is 19.1 Å². The maximum Gasteiger partial charge on any atom is 0.317 e. The van der Waals surface area contributed by atoms with Crippen molar-refractivity contribution in [2.75, 3.05) is 6.61 Å². The molecule has 3 rings (SSSR count). The van der Waals surface area contributed by atoms with E-state index in [1.54, 1.807) is 24.3 Å². The molecule has 0 radical (unpaired) electrons. The lowest BCUT2D eigenvalue weighted by molar-refractivity contribution is -0.148. The maximum absolute atomic E-state index is 13.3. The van der Waals surface area contributed by atoms with E-state index >= 15 is 0 Å². The van der Waals surface area contributed by atoms with Gasteiger partial charge in [-0.1, -0.05) is 100.0 Å². The minimum absolute atomic E-state index is 0.00181. The summed E-state index contributed by atoms with van der Waals surface area (Å²) in [7, 11) is 0. The number of esters is 1. The molecule has 2 atom stereocenters. The van der Waals surface area contributed by atoms with Crippen LogP contribution in [0.15, 0.2) is 66.7 Å². The second-order valence-corrected chi connectivity index (χ2v) is 10.3. The van der Waals surface area contributed by atoms with Crippen LogP contribution in [0.1, 0.15) is 67.9 Å². The first kappa shape index (κ1) is 25.4. The molecule has 0 bridgehead atoms. The molecule has 0 unspecified atom stereocenters. The van der Waals surface area contributed by atoms with E-state index in [-0.39, 0.29) is 30.0 Å². The first-order valence-corrected chi connectivity index (χ1v) is 11.8. The number of ether oxygens (including phenoxy) is 1. The molecule has 0 aromatic heterocycles. The topological polar surface area (TPSA) is 60.4 Å². The zero-order chi connectivity index (χ0) is 24.9. The van der Waals surface area contributed by atoms with Crippen LogP contribution >= 0.6 is 0 Å². The summed E-state index contributed by atoms with van der Waals surface area (Å²) in [5, 5.41) is 2.17. The minimum Gasteiger partial charge on any atom is -0.465 e. The van der Waals surface area contributed by atoms with Crippen molar-refractivity contribution in [1.82, 2.24) is 0 Å². The Morgan fingerprint density at radius 1 is 0.882 bits per heavy atom. The summed E-state index contributed by atoms with van der Waals surface area (Å²) < 4.78 is 5.47. The fraction of sp³-hybridized carbons (Fsp3) is 0.367. The van der Waals surface area contributed by atoms with Crippen molar-refractivity contribution in [1.29, 1.82) is 0 Å². The summed E-state index contributed by atoms with van der Waals surface area (Å²) in [5.41, 5.74) is 2.45. The van der Waals surface area contributed by atoms with Crippen LogP contribution in [0.25, 0.3) is 10.8 Å². The van der Waals surface area contributed by atoms with Crippen LogP contribution in [-0.4, -0.2) is 24.1 Å². The molecular formula is C30H34O4. The van der Waals surface area contributed by atoms with Gasteiger partial charge < -0.3 is 4.74 Å². The quantitative estimate of drug-likeness (QED) is 0.204. The first-order chi connectivity index (χ1) is 16.0. The largest absolute Gasteiger partial charge is 0.465 e. The Labute approximate surface area is 202 Å². The zero-order valence-electron chi connectivity index (χ0n) is 20.8. The predicted octanol–water partition coefficient (Wildman–Crippen LogP) is 6.69. The minimum atomic E-state index is -1.15. The molecular weight excluding hydrogens is 424 g/mol. The maximum atomic E-state index is 13.3. The number of aryl methyl sites for hydroxylation is 1. The molecule has 178 valence electrons. The Morgan fingerprint density at radius 3 is 2.21 bits per heavy atom. The SMILES string of the molecule is Cc1ccc2cc([C@H](C)C(=O)C[C@H](C(=O)OCCC(C)(C)C)C(=O)c3ccccc3)ccc2c1. The summed E-state index contributed by atoms with van der Waals surface area (Å²) in [5.74, 6) is -2.77. The summed E-state index contributed by atoms with van der Waals surface area (Å²) in [6, 6.07) is 20.8. The van der Waals surface area contributed by atoms with Gasteiger partial charge in [0.15, 0.2) is 5.78 Å². The highest BCUT2D eigenvalue weighted by Crippen LogP contribution is 2.27. The second kappa shape index (κ2) is 10.8. The van der Waals surface area contributed by atoms with Gasteiger partial charge in [0, 0.05) is 17.9 Å². The number of carbonyl (C=O) groups is 3. The van der Waals surface area contributed by atoms with Gasteiger partial charge in [0.1, 0.15) is 11.7 Å². The smallest absolute Gasteiger partial charge is 0.317 e. The fourth-order valence-electron chi connectivity index (χ4n) is 3.86. The van der Waals surface area contributed by atoms with Crippen molar-refractivity contribution >= 4 is 28.3 Å². The van der Waals surface area contributed by atoms with E-state index in [4.69, 9.17) is 4.74 Å². The lowest BCUT2D eigenvalue weighted by Crippen LogP contribution is -2.30. The van der Waals surface area contributed by atoms with Gasteiger partial charge in [0.05, 0.1) is 6.61 Å². The highest BCUT2D eigenvalue weighted by Gasteiger charge is 2.33. The normalized spacial score (nSPS) is 13.3. The molecule has 0 spiro atoms. The van der Waals surface area contributed by atoms with Crippen LogP contribution in [0.5, 0.6) is 0 Å². The number of hydrogen-bond acceptors (Lipinski definition) is 4. The van der Waals surface area contributed by atoms with Crippen molar-refractivity contribution in [3.8, 4) is 0 Å². The molecule has 0 fully saturated rings. The van der Waals surface area contributed by atoms with Crippen LogP contribution in [-0.2, 0) is 14.3 Å². The van der Waals surface area contributed by atoms with E-state index in [1.165, 1.54) is 5.56 Å². The van der Waals surface area contributed by atoms with Gasteiger partial charge in [-0.25, -0.2) is 0 Å². The average molecular weight is 459 g/mol. The number of rotatable bonds is 9. The molecule has 0 aliphatic heterocycles. The number of carbonyl (C=O) groups excluding carboxylic acids is 3. The molecule has 0 saturated heterocycles. The van der Waals surface area contributed by atoms with Crippen molar-refractivity contribution in [2.45, 2.75) is 53.4 Å². The standard InChI is InChI=1S/C30H34O4/c1-20-11-12-25-18-23(13-14-24(25)17-20)21(2)27(31)19-26(28(32)22-9-7-6-8-10-22)29(33)34-16-15-30(3,4)5/h6-14,17-18,21,26H,15-16,19H2,1-5H3/t21-,26-/m0/s1. The zero-order valence-corrected chi connectivity index (χ0v) is 20.8. The highest BCUT2D eigenvalue weighted by atomic mass is 16.5. The molecule has 0 aliphatic carbocycles. The van der Waals surface area contributed by atoms with Crippen molar-refractivity contribution in [3.05, 3.63) is 83.4 Å². The Balaban J connectivity index is 1.79. The molecule has 4 nitrogen and oxygen atoms in total. The van der Waals surface area contributed by atoms with E-state index in [2.05, 4.69) is 26.8 Å². The molecule has 0 N–H and O–H groups in total. The third-order valence-electron chi connectivity index (χ3n) is 6.16. The molecule has 0 aliphatic rings. The monoisotopic (exact) mass is 458 g/mol. The average Bonchev–Trinajstić information content (AvgIpc) is 2.80. The summed E-state index contributed by atoms with van der Waals surface area (Å²) in [6.07, 6.45) is 0.487. The van der Waals surface area contributed by atoms with Gasteiger partial charge in [-0.2, -0.15) is 0 Å². The van der Waals surface area contributed by atoms with E-state index in [9.17, 15) is 14.4 Å². The van der Waals surface area contributed by atoms with Crippen LogP contribution in [0.3, 0.4) is 0 Å². The Bertz CT molecular complexity index is 1170. The Morgan fingerprint density at radius 2 is 1.53 bits per heavy atom. The Kier molecular flexibility index (Phi) is 8.03. The highest BCUT2D eigenvalue weighted by molar-refractivity contribution is 6.11. The van der Waals surface area contributed by atoms with E-state index < -0.39 is 17.8 Å². The summed E-state index contributed by atoms with van der Waals surface area (Å²) in [4.78, 5) is 39.4. The van der Waals surface area contributed by atoms with Crippen LogP contribution in [0, 0.1) is 18.3 Å². The molecule has 34 heavy (non-hydrogen) atoms. The molecule has 0 saturated carbocycles. The molecule has 3 aromatic carbocycles. The van der Waals surface area contributed by atoms with Crippen molar-refractivity contribution in [3.63, 3.8) is 0 Å². The third-order valence-corrected chi connectivity index (χ3v) is 6.16. The van der Waals surface area contributed by atoms with E-state index in [0.717, 1.165) is 16.3 Å². The number of ketones is 2. The van der Waals surface area contributed by atoms with Gasteiger partial charge in [0.2, 0.25) is 0 Å². The van der Waals surface area contributed by atoms with Crippen LogP contribution < -0.4 is 0 Å². The van der Waals surface area contributed by atoms with E-state index in [0.29, 0.717) is 12.0 Å². The van der Waals surface area contributed by atoms with E-state index in [1.807, 2.05) is 50.2 Å². The molecule has 0 amide bonds. The van der Waals surface area contributed by atoms with Gasteiger partial charge in [-0.15, -0.1) is 0 Å². The van der Waals surface area contributed by atoms with Gasteiger partial charge in [-0.05, 0) is 35.1 Å². The number of benzene rings is 3. The predicted molar refractivity (Wildman–Crippen MR) is 136 cm³/mol. The molecule has 0 heterocycles. The first-order valence-electron chi connectivity index (χ1n) is 11.8. The summed E-state index contributed by atoms with van der Waals surface area (Å²) >= 11 is 0. The third kappa shape index (κ3) is 6.63. The number of hydrogen-bond donors (Lipinski definition) is 0. The van der Waals surface area contributed by atoms with Crippen LogP contribution in [0.4, 0.5) is 0 Å².